The molecular formula is C19H21IN2O5. The maximum absolute atomic E-state index is 12.7. The summed E-state index contributed by atoms with van der Waals surface area (Å²) in [7, 11) is 3.10. The van der Waals surface area contributed by atoms with Crippen LogP contribution in [0.5, 0.6) is 11.5 Å². The van der Waals surface area contributed by atoms with E-state index in [4.69, 9.17) is 13.9 Å². The van der Waals surface area contributed by atoms with Gasteiger partial charge in [0.25, 0.3) is 11.8 Å². The van der Waals surface area contributed by atoms with Gasteiger partial charge in [-0.05, 0) is 59.7 Å². The van der Waals surface area contributed by atoms with Crippen molar-refractivity contribution in [2.45, 2.75) is 18.9 Å². The molecule has 0 bridgehead atoms. The number of amides is 2. The maximum atomic E-state index is 12.7. The Kier molecular flexibility index (Phi) is 6.25. The van der Waals surface area contributed by atoms with Gasteiger partial charge in [-0.1, -0.05) is 0 Å². The maximum Gasteiger partial charge on any atom is 0.289 e. The summed E-state index contributed by atoms with van der Waals surface area (Å²) in [5.74, 6) is 1.18. The lowest BCUT2D eigenvalue weighted by Crippen LogP contribution is -2.46. The van der Waals surface area contributed by atoms with Crippen molar-refractivity contribution in [2.24, 2.45) is 0 Å². The first-order valence-electron chi connectivity index (χ1n) is 8.58. The molecule has 8 heteroatoms. The van der Waals surface area contributed by atoms with Crippen LogP contribution in [0, 0.1) is 3.57 Å². The molecule has 2 amide bonds. The Morgan fingerprint density at radius 2 is 1.85 bits per heavy atom. The molecular weight excluding hydrogens is 463 g/mol. The molecule has 1 N–H and O–H groups in total. The van der Waals surface area contributed by atoms with Crippen LogP contribution >= 0.6 is 22.6 Å². The molecule has 0 radical (unpaired) electrons. The number of hydrogen-bond donors (Lipinski definition) is 1. The molecule has 0 spiro atoms. The molecule has 2 heterocycles. The number of likely N-dealkylation sites (tertiary alicyclic amines) is 1. The van der Waals surface area contributed by atoms with E-state index in [0.717, 1.165) is 3.57 Å². The lowest BCUT2D eigenvalue weighted by Gasteiger charge is -2.32. The van der Waals surface area contributed by atoms with E-state index in [9.17, 15) is 9.59 Å². The Balaban J connectivity index is 1.60. The molecule has 27 heavy (non-hydrogen) atoms. The first kappa shape index (κ1) is 19.5. The molecule has 144 valence electrons. The van der Waals surface area contributed by atoms with Gasteiger partial charge in [0, 0.05) is 22.7 Å². The van der Waals surface area contributed by atoms with Crippen molar-refractivity contribution in [3.05, 3.63) is 45.4 Å². The van der Waals surface area contributed by atoms with Crippen molar-refractivity contribution in [2.75, 3.05) is 27.3 Å². The van der Waals surface area contributed by atoms with Crippen LogP contribution < -0.4 is 14.8 Å². The molecule has 0 atom stereocenters. The summed E-state index contributed by atoms with van der Waals surface area (Å²) in [6.07, 6.45) is 2.88. The number of halogens is 1. The van der Waals surface area contributed by atoms with Gasteiger partial charge in [-0.3, -0.25) is 9.59 Å². The second kappa shape index (κ2) is 8.64. The van der Waals surface area contributed by atoms with Gasteiger partial charge < -0.3 is 24.1 Å². The molecule has 1 aliphatic rings. The highest BCUT2D eigenvalue weighted by molar-refractivity contribution is 14.1. The van der Waals surface area contributed by atoms with Gasteiger partial charge in [0.15, 0.2) is 17.3 Å². The summed E-state index contributed by atoms with van der Waals surface area (Å²) in [5.41, 5.74) is 0.544. The van der Waals surface area contributed by atoms with Crippen LogP contribution in [-0.4, -0.2) is 50.1 Å². The van der Waals surface area contributed by atoms with Crippen molar-refractivity contribution < 1.29 is 23.5 Å². The van der Waals surface area contributed by atoms with Crippen LogP contribution in [0.2, 0.25) is 0 Å². The average Bonchev–Trinajstić information content (AvgIpc) is 3.22. The Labute approximate surface area is 171 Å². The van der Waals surface area contributed by atoms with Gasteiger partial charge in [-0.2, -0.15) is 0 Å². The average molecular weight is 484 g/mol. The van der Waals surface area contributed by atoms with E-state index < -0.39 is 0 Å². The number of carbonyl (C=O) groups is 2. The lowest BCUT2D eigenvalue weighted by atomic mass is 10.0. The van der Waals surface area contributed by atoms with Crippen LogP contribution in [0.1, 0.15) is 33.8 Å². The molecule has 7 nitrogen and oxygen atoms in total. The van der Waals surface area contributed by atoms with E-state index in [-0.39, 0.29) is 17.9 Å². The Hall–Kier alpha value is -2.23. The van der Waals surface area contributed by atoms with Crippen LogP contribution in [0.3, 0.4) is 0 Å². The van der Waals surface area contributed by atoms with Crippen LogP contribution in [-0.2, 0) is 0 Å². The highest BCUT2D eigenvalue weighted by atomic mass is 127. The number of nitrogens with zero attached hydrogens (tertiary/aromatic N) is 1. The first-order chi connectivity index (χ1) is 13.0. The highest BCUT2D eigenvalue weighted by Crippen LogP contribution is 2.31. The monoisotopic (exact) mass is 484 g/mol. The van der Waals surface area contributed by atoms with Gasteiger partial charge >= 0.3 is 0 Å². The number of furan rings is 1. The molecule has 1 aromatic heterocycles. The zero-order valence-corrected chi connectivity index (χ0v) is 17.3. The van der Waals surface area contributed by atoms with E-state index in [1.807, 2.05) is 0 Å². The summed E-state index contributed by atoms with van der Waals surface area (Å²) in [4.78, 5) is 26.8. The van der Waals surface area contributed by atoms with Crippen LogP contribution in [0.25, 0.3) is 0 Å². The second-order valence-electron chi connectivity index (χ2n) is 6.20. The van der Waals surface area contributed by atoms with Gasteiger partial charge in [-0.25, -0.2) is 0 Å². The number of rotatable bonds is 5. The Morgan fingerprint density at radius 3 is 2.44 bits per heavy atom. The summed E-state index contributed by atoms with van der Waals surface area (Å²) in [6.45, 7) is 1.15. The van der Waals surface area contributed by atoms with E-state index in [1.54, 1.807) is 36.3 Å². The van der Waals surface area contributed by atoms with Crippen molar-refractivity contribution in [1.29, 1.82) is 0 Å². The number of piperidine rings is 1. The molecule has 3 rings (SSSR count). The van der Waals surface area contributed by atoms with E-state index >= 15 is 0 Å². The zero-order chi connectivity index (χ0) is 19.4. The van der Waals surface area contributed by atoms with Gasteiger partial charge in [0.2, 0.25) is 0 Å². The second-order valence-corrected chi connectivity index (χ2v) is 7.37. The first-order valence-corrected chi connectivity index (χ1v) is 9.66. The van der Waals surface area contributed by atoms with Crippen LogP contribution in [0.15, 0.2) is 34.9 Å². The van der Waals surface area contributed by atoms with Crippen molar-refractivity contribution >= 4 is 34.4 Å². The minimum atomic E-state index is -0.156. The fourth-order valence-corrected chi connectivity index (χ4v) is 3.76. The molecule has 1 saturated heterocycles. The van der Waals surface area contributed by atoms with E-state index in [0.29, 0.717) is 48.8 Å². The predicted molar refractivity (Wildman–Crippen MR) is 107 cm³/mol. The molecule has 1 aromatic carbocycles. The van der Waals surface area contributed by atoms with E-state index in [2.05, 4.69) is 27.9 Å². The Bertz CT molecular complexity index is 814. The number of nitrogens with one attached hydrogen (secondary N) is 1. The fraction of sp³-hybridized carbons (Fsp3) is 0.368. The predicted octanol–water partition coefficient (Wildman–Crippen LogP) is 2.94. The standard InChI is InChI=1S/C19H21IN2O5/c1-25-16-10-13(14(20)11-17(16)26-2)18(23)21-12-5-7-22(8-6-12)19(24)15-4-3-9-27-15/h3-4,9-12H,5-8H2,1-2H3,(H,21,23). The fourth-order valence-electron chi connectivity index (χ4n) is 3.07. The largest absolute Gasteiger partial charge is 0.493 e. The van der Waals surface area contributed by atoms with Gasteiger partial charge in [0.05, 0.1) is 26.0 Å². The van der Waals surface area contributed by atoms with Gasteiger partial charge in [-0.15, -0.1) is 0 Å². The van der Waals surface area contributed by atoms with Crippen LogP contribution in [0.4, 0.5) is 0 Å². The summed E-state index contributed by atoms with van der Waals surface area (Å²) < 4.78 is 16.5. The summed E-state index contributed by atoms with van der Waals surface area (Å²) >= 11 is 2.11. The number of hydrogen-bond acceptors (Lipinski definition) is 5. The molecule has 2 aromatic rings. The minimum Gasteiger partial charge on any atom is -0.493 e. The van der Waals surface area contributed by atoms with Crippen molar-refractivity contribution in [3.63, 3.8) is 0 Å². The third-order valence-corrected chi connectivity index (χ3v) is 5.46. The SMILES string of the molecule is COc1cc(I)c(C(=O)NC2CCN(C(=O)c3ccco3)CC2)cc1OC. The van der Waals surface area contributed by atoms with Gasteiger partial charge in [0.1, 0.15) is 0 Å². The molecule has 1 aliphatic heterocycles. The van der Waals surface area contributed by atoms with Crippen molar-refractivity contribution in [3.8, 4) is 11.5 Å². The molecule has 1 fully saturated rings. The normalized spacial score (nSPS) is 14.7. The smallest absolute Gasteiger partial charge is 0.289 e. The summed E-state index contributed by atoms with van der Waals surface area (Å²) in [5, 5.41) is 3.06. The lowest BCUT2D eigenvalue weighted by molar-refractivity contribution is 0.0667. The van der Waals surface area contributed by atoms with Crippen molar-refractivity contribution in [1.82, 2.24) is 10.2 Å². The number of benzene rings is 1. The minimum absolute atomic E-state index is 0.0158. The quantitative estimate of drug-likeness (QED) is 0.661. The third-order valence-electron chi connectivity index (χ3n) is 4.57. The summed E-state index contributed by atoms with van der Waals surface area (Å²) in [6, 6.07) is 6.84. The van der Waals surface area contributed by atoms with E-state index in [1.165, 1.54) is 13.4 Å². The number of methoxy groups -OCH3 is 2. The Morgan fingerprint density at radius 1 is 1.19 bits per heavy atom. The topological polar surface area (TPSA) is 81.0 Å². The third kappa shape index (κ3) is 4.37. The zero-order valence-electron chi connectivity index (χ0n) is 15.2. The molecule has 0 aliphatic carbocycles. The number of carbonyl (C=O) groups excluding carboxylic acids is 2. The number of ether oxygens (including phenoxy) is 2. The highest BCUT2D eigenvalue weighted by Gasteiger charge is 2.26. The molecule has 0 saturated carbocycles. The molecule has 0 unspecified atom stereocenters.